The molecule has 0 aromatic carbocycles. The standard InChI is InChI=1S/C10H21NO2/c1-3-10(2,8-12)7-11-5-4-9(13)6-11/h9,12-13H,3-8H2,1-2H3/t9-,10-/m0/s1. The first-order valence-corrected chi connectivity index (χ1v) is 5.11. The van der Waals surface area contributed by atoms with Crippen LogP contribution < -0.4 is 0 Å². The van der Waals surface area contributed by atoms with Crippen molar-refractivity contribution in [2.75, 3.05) is 26.2 Å². The third-order valence-electron chi connectivity index (χ3n) is 3.09. The van der Waals surface area contributed by atoms with Crippen LogP contribution in [0.1, 0.15) is 26.7 Å². The summed E-state index contributed by atoms with van der Waals surface area (Å²) in [6.45, 7) is 7.07. The number of likely N-dealkylation sites (tertiary alicyclic amines) is 1. The molecule has 1 heterocycles. The minimum absolute atomic E-state index is 0.00403. The van der Waals surface area contributed by atoms with Gasteiger partial charge in [-0.1, -0.05) is 13.8 Å². The number of hydrogen-bond acceptors (Lipinski definition) is 3. The number of nitrogens with zero attached hydrogens (tertiary/aromatic N) is 1. The second-order valence-electron chi connectivity index (χ2n) is 4.50. The predicted octanol–water partition coefficient (Wildman–Crippen LogP) is 0.462. The quantitative estimate of drug-likeness (QED) is 0.672. The van der Waals surface area contributed by atoms with Gasteiger partial charge in [0.1, 0.15) is 0 Å². The molecule has 0 aromatic rings. The van der Waals surface area contributed by atoms with Crippen molar-refractivity contribution in [3.8, 4) is 0 Å². The van der Waals surface area contributed by atoms with Gasteiger partial charge in [-0.2, -0.15) is 0 Å². The van der Waals surface area contributed by atoms with E-state index in [0.29, 0.717) is 0 Å². The molecule has 3 nitrogen and oxygen atoms in total. The van der Waals surface area contributed by atoms with E-state index >= 15 is 0 Å². The molecule has 0 amide bonds. The van der Waals surface area contributed by atoms with E-state index in [1.807, 2.05) is 0 Å². The highest BCUT2D eigenvalue weighted by molar-refractivity contribution is 4.81. The Morgan fingerprint density at radius 2 is 2.23 bits per heavy atom. The van der Waals surface area contributed by atoms with Crippen LogP contribution in [0, 0.1) is 5.41 Å². The third-order valence-corrected chi connectivity index (χ3v) is 3.09. The summed E-state index contributed by atoms with van der Waals surface area (Å²) < 4.78 is 0. The number of aliphatic hydroxyl groups excluding tert-OH is 2. The van der Waals surface area contributed by atoms with E-state index in [1.165, 1.54) is 0 Å². The van der Waals surface area contributed by atoms with Crippen LogP contribution in [0.25, 0.3) is 0 Å². The molecule has 13 heavy (non-hydrogen) atoms. The fraction of sp³-hybridized carbons (Fsp3) is 1.00. The van der Waals surface area contributed by atoms with Gasteiger partial charge in [0.05, 0.1) is 6.10 Å². The molecule has 0 spiro atoms. The van der Waals surface area contributed by atoms with Crippen LogP contribution in [-0.2, 0) is 0 Å². The Morgan fingerprint density at radius 3 is 2.62 bits per heavy atom. The van der Waals surface area contributed by atoms with E-state index in [2.05, 4.69) is 18.7 Å². The van der Waals surface area contributed by atoms with Crippen molar-refractivity contribution in [1.82, 2.24) is 4.90 Å². The maximum absolute atomic E-state index is 9.34. The Bertz CT molecular complexity index is 157. The van der Waals surface area contributed by atoms with Gasteiger partial charge in [-0.05, 0) is 12.8 Å². The lowest BCUT2D eigenvalue weighted by Crippen LogP contribution is -2.37. The first-order valence-electron chi connectivity index (χ1n) is 5.11. The van der Waals surface area contributed by atoms with Gasteiger partial charge in [0.2, 0.25) is 0 Å². The van der Waals surface area contributed by atoms with Crippen molar-refractivity contribution < 1.29 is 10.2 Å². The van der Waals surface area contributed by atoms with E-state index in [1.54, 1.807) is 0 Å². The Kier molecular flexibility index (Phi) is 3.71. The molecule has 1 rings (SSSR count). The van der Waals surface area contributed by atoms with Gasteiger partial charge in [0.15, 0.2) is 0 Å². The molecule has 3 heteroatoms. The zero-order valence-electron chi connectivity index (χ0n) is 8.66. The lowest BCUT2D eigenvalue weighted by molar-refractivity contribution is 0.0869. The molecular weight excluding hydrogens is 166 g/mol. The van der Waals surface area contributed by atoms with Gasteiger partial charge in [-0.15, -0.1) is 0 Å². The summed E-state index contributed by atoms with van der Waals surface area (Å²) in [6, 6.07) is 0. The van der Waals surface area contributed by atoms with E-state index in [4.69, 9.17) is 0 Å². The van der Waals surface area contributed by atoms with Crippen LogP contribution in [0.2, 0.25) is 0 Å². The number of rotatable bonds is 4. The zero-order valence-corrected chi connectivity index (χ0v) is 8.66. The number of aliphatic hydroxyl groups is 2. The molecule has 0 bridgehead atoms. The molecule has 1 saturated heterocycles. The Hall–Kier alpha value is -0.120. The van der Waals surface area contributed by atoms with Crippen molar-refractivity contribution in [1.29, 1.82) is 0 Å². The van der Waals surface area contributed by atoms with E-state index < -0.39 is 0 Å². The average molecular weight is 187 g/mol. The maximum Gasteiger partial charge on any atom is 0.0679 e. The fourth-order valence-corrected chi connectivity index (χ4v) is 1.77. The van der Waals surface area contributed by atoms with Gasteiger partial charge in [0.25, 0.3) is 0 Å². The Morgan fingerprint density at radius 1 is 1.54 bits per heavy atom. The molecule has 78 valence electrons. The molecule has 0 radical (unpaired) electrons. The molecule has 1 aliphatic heterocycles. The Labute approximate surface area is 80.4 Å². The molecule has 0 aliphatic carbocycles. The van der Waals surface area contributed by atoms with Crippen LogP contribution in [0.3, 0.4) is 0 Å². The number of hydrogen-bond donors (Lipinski definition) is 2. The van der Waals surface area contributed by atoms with Crippen molar-refractivity contribution >= 4 is 0 Å². The molecular formula is C10H21NO2. The van der Waals surface area contributed by atoms with Crippen molar-refractivity contribution in [2.24, 2.45) is 5.41 Å². The van der Waals surface area contributed by atoms with Crippen LogP contribution in [0.4, 0.5) is 0 Å². The normalized spacial score (nSPS) is 29.1. The van der Waals surface area contributed by atoms with Gasteiger partial charge in [0, 0.05) is 31.7 Å². The summed E-state index contributed by atoms with van der Waals surface area (Å²) in [6.07, 6.45) is 1.71. The minimum atomic E-state index is -0.153. The fourth-order valence-electron chi connectivity index (χ4n) is 1.77. The van der Waals surface area contributed by atoms with Crippen molar-refractivity contribution in [3.05, 3.63) is 0 Å². The SMILES string of the molecule is CC[C@](C)(CO)CN1CC[C@H](O)C1. The monoisotopic (exact) mass is 187 g/mol. The Balaban J connectivity index is 2.38. The lowest BCUT2D eigenvalue weighted by Gasteiger charge is -2.30. The molecule has 2 N–H and O–H groups in total. The highest BCUT2D eigenvalue weighted by atomic mass is 16.3. The second-order valence-corrected chi connectivity index (χ2v) is 4.50. The zero-order chi connectivity index (χ0) is 9.90. The first-order chi connectivity index (χ1) is 6.09. The van der Waals surface area contributed by atoms with Gasteiger partial charge in [-0.3, -0.25) is 0 Å². The summed E-state index contributed by atoms with van der Waals surface area (Å²) in [5.41, 5.74) is 0.00403. The first kappa shape index (κ1) is 11.0. The van der Waals surface area contributed by atoms with Crippen molar-refractivity contribution in [2.45, 2.75) is 32.8 Å². The van der Waals surface area contributed by atoms with Gasteiger partial charge in [-0.25, -0.2) is 0 Å². The van der Waals surface area contributed by atoms with Crippen LogP contribution in [-0.4, -0.2) is 47.5 Å². The molecule has 2 atom stereocenters. The third kappa shape index (κ3) is 2.93. The van der Waals surface area contributed by atoms with Crippen molar-refractivity contribution in [3.63, 3.8) is 0 Å². The smallest absolute Gasteiger partial charge is 0.0679 e. The molecule has 0 aromatic heterocycles. The maximum atomic E-state index is 9.34. The topological polar surface area (TPSA) is 43.7 Å². The van der Waals surface area contributed by atoms with E-state index in [0.717, 1.165) is 32.5 Å². The summed E-state index contributed by atoms with van der Waals surface area (Å²) in [7, 11) is 0. The second kappa shape index (κ2) is 4.40. The largest absolute Gasteiger partial charge is 0.396 e. The lowest BCUT2D eigenvalue weighted by atomic mass is 9.88. The summed E-state index contributed by atoms with van der Waals surface area (Å²) >= 11 is 0. The summed E-state index contributed by atoms with van der Waals surface area (Å²) in [5, 5.41) is 18.6. The van der Waals surface area contributed by atoms with Crippen LogP contribution >= 0.6 is 0 Å². The molecule has 1 fully saturated rings. The minimum Gasteiger partial charge on any atom is -0.396 e. The van der Waals surface area contributed by atoms with Crippen LogP contribution in [0.5, 0.6) is 0 Å². The molecule has 0 saturated carbocycles. The number of β-amino-alcohol motifs (C(OH)–C–C–N with tert-alkyl or cyclic N) is 1. The summed E-state index contributed by atoms with van der Waals surface area (Å²) in [4.78, 5) is 2.24. The van der Waals surface area contributed by atoms with E-state index in [9.17, 15) is 10.2 Å². The highest BCUT2D eigenvalue weighted by Gasteiger charge is 2.28. The average Bonchev–Trinajstić information content (AvgIpc) is 2.51. The van der Waals surface area contributed by atoms with E-state index in [-0.39, 0.29) is 18.1 Å². The van der Waals surface area contributed by atoms with Crippen LogP contribution in [0.15, 0.2) is 0 Å². The molecule has 1 aliphatic rings. The van der Waals surface area contributed by atoms with Gasteiger partial charge < -0.3 is 15.1 Å². The predicted molar refractivity (Wildman–Crippen MR) is 52.5 cm³/mol. The van der Waals surface area contributed by atoms with Gasteiger partial charge >= 0.3 is 0 Å². The summed E-state index contributed by atoms with van der Waals surface area (Å²) in [5.74, 6) is 0. The molecule has 0 unspecified atom stereocenters. The highest BCUT2D eigenvalue weighted by Crippen LogP contribution is 2.23.